The summed E-state index contributed by atoms with van der Waals surface area (Å²) in [5.41, 5.74) is 0. The van der Waals surface area contributed by atoms with Crippen LogP contribution in [0, 0.1) is 0 Å². The van der Waals surface area contributed by atoms with Gasteiger partial charge in [0.15, 0.2) is 0 Å². The predicted molar refractivity (Wildman–Crippen MR) is 132 cm³/mol. The molecule has 170 valence electrons. The largest absolute Gasteiger partial charge is 0.494 e. The summed E-state index contributed by atoms with van der Waals surface area (Å²) in [6.45, 7) is 4.93. The van der Waals surface area contributed by atoms with Crippen molar-refractivity contribution in [2.75, 3.05) is 6.61 Å². The molecule has 0 spiro atoms. The lowest BCUT2D eigenvalue weighted by Crippen LogP contribution is -2.13. The van der Waals surface area contributed by atoms with Crippen molar-refractivity contribution in [2.45, 2.75) is 67.1 Å². The van der Waals surface area contributed by atoms with E-state index in [1.165, 1.54) is 19.3 Å². The van der Waals surface area contributed by atoms with Crippen LogP contribution in [0.5, 0.6) is 5.75 Å². The summed E-state index contributed by atoms with van der Waals surface area (Å²) in [4.78, 5) is 15.8. The average molecular weight is 451 g/mol. The number of carbonyl (C=O) groups excluding carboxylic acids is 1. The van der Waals surface area contributed by atoms with Crippen LogP contribution in [0.4, 0.5) is 0 Å². The van der Waals surface area contributed by atoms with Gasteiger partial charge in [0.1, 0.15) is 5.75 Å². The Kier molecular flexibility index (Phi) is 9.24. The molecule has 32 heavy (non-hydrogen) atoms. The third kappa shape index (κ3) is 5.95. The van der Waals surface area contributed by atoms with Crippen molar-refractivity contribution < 1.29 is 13.7 Å². The van der Waals surface area contributed by atoms with Crippen LogP contribution in [-0.4, -0.2) is 12.6 Å². The first-order valence-corrected chi connectivity index (χ1v) is 13.1. The Morgan fingerprint density at radius 3 is 1.78 bits per heavy atom. The molecule has 0 aliphatic heterocycles. The standard InChI is InChI=1S/C28H34O3S/c1-3-5-6-13-23-30-24-19-21-27(22-20-24)32(31-28(29)14-4-2,25-15-9-7-10-16-25)26-17-11-8-12-18-26/h7-12,15-22H,3-6,13-14,23H2,1-2H3. The maximum atomic E-state index is 12.8. The van der Waals surface area contributed by atoms with Crippen LogP contribution in [0.1, 0.15) is 52.4 Å². The lowest BCUT2D eigenvalue weighted by Gasteiger charge is -2.39. The van der Waals surface area contributed by atoms with Gasteiger partial charge in [-0.05, 0) is 71.7 Å². The van der Waals surface area contributed by atoms with E-state index in [4.69, 9.17) is 8.92 Å². The maximum Gasteiger partial charge on any atom is 0.317 e. The number of unbranched alkanes of at least 4 members (excludes halogenated alkanes) is 3. The van der Waals surface area contributed by atoms with Crippen molar-refractivity contribution in [3.8, 4) is 5.75 Å². The highest BCUT2D eigenvalue weighted by Gasteiger charge is 2.35. The first kappa shape index (κ1) is 23.9. The summed E-state index contributed by atoms with van der Waals surface area (Å²) in [6, 6.07) is 28.3. The van der Waals surface area contributed by atoms with E-state index < -0.39 is 10.3 Å². The molecule has 0 saturated heterocycles. The normalized spacial score (nSPS) is 11.7. The Bertz CT molecular complexity index is 900. The molecule has 0 fully saturated rings. The molecule has 0 atom stereocenters. The van der Waals surface area contributed by atoms with Gasteiger partial charge in [0.25, 0.3) is 0 Å². The van der Waals surface area contributed by atoms with E-state index in [1.54, 1.807) is 0 Å². The van der Waals surface area contributed by atoms with Gasteiger partial charge in [-0.25, -0.2) is 0 Å². The van der Waals surface area contributed by atoms with Gasteiger partial charge in [0, 0.05) is 21.1 Å². The fourth-order valence-corrected chi connectivity index (χ4v) is 6.68. The van der Waals surface area contributed by atoms with E-state index in [0.717, 1.165) is 39.9 Å². The highest BCUT2D eigenvalue weighted by molar-refractivity contribution is 8.30. The van der Waals surface area contributed by atoms with E-state index in [0.29, 0.717) is 6.42 Å². The van der Waals surface area contributed by atoms with Gasteiger partial charge in [-0.3, -0.25) is 4.79 Å². The second-order valence-electron chi connectivity index (χ2n) is 7.77. The quantitative estimate of drug-likeness (QED) is 0.261. The summed E-state index contributed by atoms with van der Waals surface area (Å²) < 4.78 is 12.4. The zero-order valence-electron chi connectivity index (χ0n) is 19.2. The second kappa shape index (κ2) is 12.4. The SMILES string of the molecule is CCCCCCOc1ccc(S(OC(=O)CCC)(c2ccccc2)c2ccccc2)cc1. The Labute approximate surface area is 194 Å². The molecule has 0 N–H and O–H groups in total. The van der Waals surface area contributed by atoms with Crippen molar-refractivity contribution in [3.63, 3.8) is 0 Å². The van der Waals surface area contributed by atoms with Crippen molar-refractivity contribution in [3.05, 3.63) is 84.9 Å². The fourth-order valence-electron chi connectivity index (χ4n) is 3.61. The zero-order chi connectivity index (χ0) is 22.7. The van der Waals surface area contributed by atoms with Crippen molar-refractivity contribution in [1.29, 1.82) is 0 Å². The molecule has 3 aromatic rings. The van der Waals surface area contributed by atoms with E-state index in [2.05, 4.69) is 43.3 Å². The molecule has 0 aromatic heterocycles. The van der Waals surface area contributed by atoms with Crippen LogP contribution >= 0.6 is 10.3 Å². The molecule has 3 rings (SSSR count). The monoisotopic (exact) mass is 450 g/mol. The second-order valence-corrected chi connectivity index (χ2v) is 10.5. The minimum atomic E-state index is -2.21. The third-order valence-electron chi connectivity index (χ3n) is 5.24. The smallest absolute Gasteiger partial charge is 0.317 e. The minimum Gasteiger partial charge on any atom is -0.494 e. The van der Waals surface area contributed by atoms with Crippen LogP contribution in [-0.2, 0) is 8.98 Å². The number of ether oxygens (including phenoxy) is 1. The summed E-state index contributed by atoms with van der Waals surface area (Å²) in [7, 11) is -2.21. The summed E-state index contributed by atoms with van der Waals surface area (Å²) >= 11 is 0. The number of carbonyl (C=O) groups is 1. The molecular formula is C28H34O3S. The molecule has 0 aliphatic rings. The van der Waals surface area contributed by atoms with Gasteiger partial charge >= 0.3 is 5.97 Å². The molecule has 0 aliphatic carbocycles. The lowest BCUT2D eigenvalue weighted by molar-refractivity contribution is -0.133. The topological polar surface area (TPSA) is 35.5 Å². The highest BCUT2D eigenvalue weighted by atomic mass is 32.3. The first-order chi connectivity index (χ1) is 15.7. The molecule has 0 saturated carbocycles. The van der Waals surface area contributed by atoms with E-state index >= 15 is 0 Å². The predicted octanol–water partition coefficient (Wildman–Crippen LogP) is 8.19. The molecule has 0 amide bonds. The number of benzene rings is 3. The van der Waals surface area contributed by atoms with Crippen LogP contribution in [0.15, 0.2) is 99.6 Å². The van der Waals surface area contributed by atoms with Crippen molar-refractivity contribution >= 4 is 16.3 Å². The fraction of sp³-hybridized carbons (Fsp3) is 0.321. The molecule has 3 nitrogen and oxygen atoms in total. The van der Waals surface area contributed by atoms with Crippen LogP contribution < -0.4 is 4.74 Å². The number of hydrogen-bond acceptors (Lipinski definition) is 3. The summed E-state index contributed by atoms with van der Waals surface area (Å²) in [5.74, 6) is 0.672. The maximum absolute atomic E-state index is 12.8. The van der Waals surface area contributed by atoms with Gasteiger partial charge in [-0.2, -0.15) is 0 Å². The van der Waals surface area contributed by atoms with Crippen molar-refractivity contribution in [1.82, 2.24) is 0 Å². The minimum absolute atomic E-state index is 0.175. The Balaban J connectivity index is 1.99. The van der Waals surface area contributed by atoms with E-state index in [-0.39, 0.29) is 5.97 Å². The van der Waals surface area contributed by atoms with Crippen LogP contribution in [0.3, 0.4) is 0 Å². The highest BCUT2D eigenvalue weighted by Crippen LogP contribution is 2.69. The lowest BCUT2D eigenvalue weighted by atomic mass is 10.2. The molecule has 0 bridgehead atoms. The molecule has 0 unspecified atom stereocenters. The van der Waals surface area contributed by atoms with Gasteiger partial charge < -0.3 is 8.92 Å². The number of hydrogen-bond donors (Lipinski definition) is 0. The Morgan fingerprint density at radius 1 is 0.688 bits per heavy atom. The zero-order valence-corrected chi connectivity index (χ0v) is 20.0. The molecule has 4 heteroatoms. The summed E-state index contributed by atoms with van der Waals surface area (Å²) in [5, 5.41) is 0. The van der Waals surface area contributed by atoms with Gasteiger partial charge in [0.05, 0.1) is 6.61 Å². The number of rotatable bonds is 12. The first-order valence-electron chi connectivity index (χ1n) is 11.6. The van der Waals surface area contributed by atoms with Crippen molar-refractivity contribution in [2.24, 2.45) is 0 Å². The Hall–Kier alpha value is -2.72. The van der Waals surface area contributed by atoms with E-state index in [9.17, 15) is 4.79 Å². The Morgan fingerprint density at radius 2 is 1.25 bits per heavy atom. The van der Waals surface area contributed by atoms with Gasteiger partial charge in [-0.1, -0.05) is 69.5 Å². The average Bonchev–Trinajstić information content (AvgIpc) is 2.84. The third-order valence-corrected chi connectivity index (χ3v) is 8.49. The molecule has 0 radical (unpaired) electrons. The van der Waals surface area contributed by atoms with Gasteiger partial charge in [-0.15, -0.1) is 0 Å². The van der Waals surface area contributed by atoms with Gasteiger partial charge in [0.2, 0.25) is 0 Å². The summed E-state index contributed by atoms with van der Waals surface area (Å²) in [6.07, 6.45) is 5.86. The molecular weight excluding hydrogens is 416 g/mol. The molecule has 0 heterocycles. The molecule has 3 aromatic carbocycles. The van der Waals surface area contributed by atoms with Crippen LogP contribution in [0.2, 0.25) is 0 Å². The van der Waals surface area contributed by atoms with E-state index in [1.807, 2.05) is 55.5 Å². The van der Waals surface area contributed by atoms with Crippen LogP contribution in [0.25, 0.3) is 0 Å².